The molecule has 0 spiro atoms. The van der Waals surface area contributed by atoms with Gasteiger partial charge in [-0.25, -0.2) is 4.79 Å². The number of nitrogens with zero attached hydrogens (tertiary/aromatic N) is 2. The third-order valence-corrected chi connectivity index (χ3v) is 3.89. The zero-order valence-corrected chi connectivity index (χ0v) is 13.5. The molecule has 1 saturated heterocycles. The Balaban J connectivity index is 1.73. The van der Waals surface area contributed by atoms with Crippen molar-refractivity contribution >= 4 is 33.6 Å². The molecule has 1 aromatic rings. The van der Waals surface area contributed by atoms with Crippen LogP contribution in [0.2, 0.25) is 0 Å². The molecule has 1 aromatic carbocycles. The smallest absolute Gasteiger partial charge is 0.319 e. The number of likely N-dealkylation sites (N-methyl/N-ethyl adjacent to an activating group) is 1. The van der Waals surface area contributed by atoms with E-state index in [0.29, 0.717) is 18.8 Å². The van der Waals surface area contributed by atoms with E-state index in [-0.39, 0.29) is 18.5 Å². The monoisotopic (exact) mass is 354 g/mol. The summed E-state index contributed by atoms with van der Waals surface area (Å²) in [6.45, 7) is 3.19. The average molecular weight is 355 g/mol. The summed E-state index contributed by atoms with van der Waals surface area (Å²) in [4.78, 5) is 27.6. The third kappa shape index (κ3) is 5.02. The van der Waals surface area contributed by atoms with E-state index < -0.39 is 0 Å². The summed E-state index contributed by atoms with van der Waals surface area (Å²) in [5.41, 5.74) is 0.683. The first-order valence-electron chi connectivity index (χ1n) is 6.81. The molecule has 0 aliphatic carbocycles. The SMILES string of the molecule is CN1CCN(C(=O)CNC(=O)Nc2ccc(Br)cc2)CC1. The number of benzene rings is 1. The van der Waals surface area contributed by atoms with E-state index in [1.807, 2.05) is 19.2 Å². The fraction of sp³-hybridized carbons (Fsp3) is 0.429. The zero-order valence-electron chi connectivity index (χ0n) is 11.9. The maximum absolute atomic E-state index is 12.0. The van der Waals surface area contributed by atoms with Crippen molar-refractivity contribution in [3.63, 3.8) is 0 Å². The Bertz CT molecular complexity index is 498. The van der Waals surface area contributed by atoms with Gasteiger partial charge in [0.05, 0.1) is 6.54 Å². The average Bonchev–Trinajstić information content (AvgIpc) is 2.48. The number of urea groups is 1. The van der Waals surface area contributed by atoms with Gasteiger partial charge >= 0.3 is 6.03 Å². The Morgan fingerprint density at radius 2 is 1.76 bits per heavy atom. The minimum atomic E-state index is -0.375. The lowest BCUT2D eigenvalue weighted by molar-refractivity contribution is -0.131. The van der Waals surface area contributed by atoms with Gasteiger partial charge in [0.25, 0.3) is 0 Å². The molecule has 0 saturated carbocycles. The van der Waals surface area contributed by atoms with Crippen LogP contribution in [-0.4, -0.2) is 61.5 Å². The number of amides is 3. The van der Waals surface area contributed by atoms with Gasteiger partial charge in [0, 0.05) is 36.3 Å². The lowest BCUT2D eigenvalue weighted by Gasteiger charge is -2.32. The molecular formula is C14H19BrN4O2. The van der Waals surface area contributed by atoms with Crippen LogP contribution in [0.15, 0.2) is 28.7 Å². The third-order valence-electron chi connectivity index (χ3n) is 3.36. The number of carbonyl (C=O) groups is 2. The summed E-state index contributed by atoms with van der Waals surface area (Å²) in [5.74, 6) is -0.0472. The summed E-state index contributed by atoms with van der Waals surface area (Å²) >= 11 is 3.33. The number of nitrogens with one attached hydrogen (secondary N) is 2. The van der Waals surface area contributed by atoms with Crippen LogP contribution in [-0.2, 0) is 4.79 Å². The molecule has 1 aliphatic heterocycles. The number of anilines is 1. The Kier molecular flexibility index (Phi) is 5.58. The Morgan fingerprint density at radius 3 is 2.38 bits per heavy atom. The van der Waals surface area contributed by atoms with Gasteiger partial charge in [-0.2, -0.15) is 0 Å². The van der Waals surface area contributed by atoms with Crippen LogP contribution in [0.5, 0.6) is 0 Å². The van der Waals surface area contributed by atoms with E-state index >= 15 is 0 Å². The second-order valence-electron chi connectivity index (χ2n) is 5.00. The zero-order chi connectivity index (χ0) is 15.2. The molecule has 1 aliphatic rings. The van der Waals surface area contributed by atoms with Crippen LogP contribution in [0.1, 0.15) is 0 Å². The largest absolute Gasteiger partial charge is 0.339 e. The predicted octanol–water partition coefficient (Wildman–Crippen LogP) is 1.34. The standard InChI is InChI=1S/C14H19BrN4O2/c1-18-6-8-19(9-7-18)13(20)10-16-14(21)17-12-4-2-11(15)3-5-12/h2-5H,6-10H2,1H3,(H2,16,17,21). The minimum absolute atomic E-state index is 0.0199. The van der Waals surface area contributed by atoms with E-state index in [0.717, 1.165) is 17.6 Å². The van der Waals surface area contributed by atoms with Gasteiger partial charge < -0.3 is 20.4 Å². The van der Waals surface area contributed by atoms with E-state index in [1.54, 1.807) is 17.0 Å². The molecule has 0 radical (unpaired) electrons. The van der Waals surface area contributed by atoms with Crippen LogP contribution in [0.3, 0.4) is 0 Å². The van der Waals surface area contributed by atoms with Gasteiger partial charge in [0.1, 0.15) is 0 Å². The van der Waals surface area contributed by atoms with Gasteiger partial charge in [0.15, 0.2) is 0 Å². The quantitative estimate of drug-likeness (QED) is 0.860. The number of hydrogen-bond donors (Lipinski definition) is 2. The second-order valence-corrected chi connectivity index (χ2v) is 5.91. The molecule has 2 rings (SSSR count). The summed E-state index contributed by atoms with van der Waals surface area (Å²) in [7, 11) is 2.03. The molecular weight excluding hydrogens is 336 g/mol. The fourth-order valence-corrected chi connectivity index (χ4v) is 2.30. The Morgan fingerprint density at radius 1 is 1.14 bits per heavy atom. The first kappa shape index (κ1) is 15.8. The van der Waals surface area contributed by atoms with Crippen molar-refractivity contribution in [2.45, 2.75) is 0 Å². The summed E-state index contributed by atoms with van der Waals surface area (Å²) in [5, 5.41) is 5.27. The van der Waals surface area contributed by atoms with Gasteiger partial charge in [-0.1, -0.05) is 15.9 Å². The van der Waals surface area contributed by atoms with Gasteiger partial charge in [-0.05, 0) is 31.3 Å². The molecule has 0 atom stereocenters. The van der Waals surface area contributed by atoms with Crippen molar-refractivity contribution in [2.75, 3.05) is 45.1 Å². The lowest BCUT2D eigenvalue weighted by Crippen LogP contribution is -2.50. The normalized spacial score (nSPS) is 15.6. The van der Waals surface area contributed by atoms with Crippen LogP contribution in [0.4, 0.5) is 10.5 Å². The molecule has 2 N–H and O–H groups in total. The molecule has 0 unspecified atom stereocenters. The van der Waals surface area contributed by atoms with Gasteiger partial charge in [0.2, 0.25) is 5.91 Å². The molecule has 0 aromatic heterocycles. The lowest BCUT2D eigenvalue weighted by atomic mass is 10.3. The molecule has 0 bridgehead atoms. The van der Waals surface area contributed by atoms with Crippen molar-refractivity contribution in [3.05, 3.63) is 28.7 Å². The van der Waals surface area contributed by atoms with Crippen LogP contribution in [0.25, 0.3) is 0 Å². The Labute approximate surface area is 132 Å². The first-order chi connectivity index (χ1) is 10.0. The number of halogens is 1. The van der Waals surface area contributed by atoms with E-state index in [2.05, 4.69) is 31.5 Å². The highest BCUT2D eigenvalue weighted by molar-refractivity contribution is 9.10. The molecule has 1 fully saturated rings. The molecule has 6 nitrogen and oxygen atoms in total. The van der Waals surface area contributed by atoms with Crippen molar-refractivity contribution in [1.29, 1.82) is 0 Å². The topological polar surface area (TPSA) is 64.7 Å². The first-order valence-corrected chi connectivity index (χ1v) is 7.60. The predicted molar refractivity (Wildman–Crippen MR) is 85.2 cm³/mol. The van der Waals surface area contributed by atoms with Crippen LogP contribution < -0.4 is 10.6 Å². The minimum Gasteiger partial charge on any atom is -0.339 e. The number of rotatable bonds is 3. The van der Waals surface area contributed by atoms with Crippen LogP contribution in [0, 0.1) is 0 Å². The van der Waals surface area contributed by atoms with E-state index in [9.17, 15) is 9.59 Å². The summed E-state index contributed by atoms with van der Waals surface area (Å²) in [6.07, 6.45) is 0. The van der Waals surface area contributed by atoms with Crippen molar-refractivity contribution in [3.8, 4) is 0 Å². The molecule has 1 heterocycles. The van der Waals surface area contributed by atoms with E-state index in [4.69, 9.17) is 0 Å². The molecule has 7 heteroatoms. The fourth-order valence-electron chi connectivity index (χ4n) is 2.03. The van der Waals surface area contributed by atoms with Crippen LogP contribution >= 0.6 is 15.9 Å². The van der Waals surface area contributed by atoms with Gasteiger partial charge in [-0.15, -0.1) is 0 Å². The van der Waals surface area contributed by atoms with E-state index in [1.165, 1.54) is 0 Å². The van der Waals surface area contributed by atoms with Crippen molar-refractivity contribution in [1.82, 2.24) is 15.1 Å². The summed E-state index contributed by atoms with van der Waals surface area (Å²) in [6, 6.07) is 6.87. The Hall–Kier alpha value is -1.60. The van der Waals surface area contributed by atoms with Gasteiger partial charge in [-0.3, -0.25) is 4.79 Å². The number of carbonyl (C=O) groups excluding carboxylic acids is 2. The maximum atomic E-state index is 12.0. The highest BCUT2D eigenvalue weighted by Crippen LogP contribution is 2.13. The van der Waals surface area contributed by atoms with Crippen molar-refractivity contribution in [2.24, 2.45) is 0 Å². The molecule has 114 valence electrons. The molecule has 3 amide bonds. The second kappa shape index (κ2) is 7.42. The number of piperazine rings is 1. The summed E-state index contributed by atoms with van der Waals surface area (Å²) < 4.78 is 0.943. The maximum Gasteiger partial charge on any atom is 0.319 e. The molecule has 21 heavy (non-hydrogen) atoms. The van der Waals surface area contributed by atoms with Crippen molar-refractivity contribution < 1.29 is 9.59 Å². The highest BCUT2D eigenvalue weighted by Gasteiger charge is 2.19. The highest BCUT2D eigenvalue weighted by atomic mass is 79.9. The number of hydrogen-bond acceptors (Lipinski definition) is 3.